The van der Waals surface area contributed by atoms with E-state index >= 15 is 0 Å². The number of aromatic nitrogens is 2. The molecule has 0 amide bonds. The largest absolute Gasteiger partial charge is 0.465 e. The number of aliphatic hydroxyl groups excluding tert-OH is 1. The first-order valence-electron chi connectivity index (χ1n) is 9.27. The third-order valence-electron chi connectivity index (χ3n) is 5.19. The SMILES string of the molecule is COC(=O)c1ccc2nc(Cc3cc(F)c(Br)cc3CO)n(C[C@@H]3CCO3)c2c1. The number of hydrogen-bond donors (Lipinski definition) is 1. The van der Waals surface area contributed by atoms with Crippen LogP contribution < -0.4 is 0 Å². The summed E-state index contributed by atoms with van der Waals surface area (Å²) in [5.41, 5.74) is 3.25. The molecular formula is C21H20BrFN2O4. The molecule has 8 heteroatoms. The number of aliphatic hydroxyl groups is 1. The van der Waals surface area contributed by atoms with Crippen LogP contribution in [0.25, 0.3) is 11.0 Å². The highest BCUT2D eigenvalue weighted by Gasteiger charge is 2.23. The molecule has 29 heavy (non-hydrogen) atoms. The van der Waals surface area contributed by atoms with Crippen molar-refractivity contribution in [3.63, 3.8) is 0 Å². The first kappa shape index (κ1) is 20.0. The van der Waals surface area contributed by atoms with E-state index in [1.54, 1.807) is 24.3 Å². The molecule has 0 unspecified atom stereocenters. The first-order valence-corrected chi connectivity index (χ1v) is 10.1. The molecule has 0 bridgehead atoms. The van der Waals surface area contributed by atoms with Gasteiger partial charge >= 0.3 is 5.97 Å². The Hall–Kier alpha value is -2.29. The van der Waals surface area contributed by atoms with Gasteiger partial charge in [0.05, 0.1) is 47.4 Å². The smallest absolute Gasteiger partial charge is 0.337 e. The zero-order chi connectivity index (χ0) is 20.5. The molecule has 1 atom stereocenters. The molecule has 0 saturated carbocycles. The van der Waals surface area contributed by atoms with Gasteiger partial charge in [-0.3, -0.25) is 0 Å². The number of halogens is 2. The summed E-state index contributed by atoms with van der Waals surface area (Å²) >= 11 is 3.16. The monoisotopic (exact) mass is 462 g/mol. The molecule has 3 aromatic rings. The van der Waals surface area contributed by atoms with Gasteiger partial charge in [0.2, 0.25) is 0 Å². The predicted octanol–water partition coefficient (Wildman–Crippen LogP) is 3.60. The van der Waals surface area contributed by atoms with Crippen molar-refractivity contribution >= 4 is 32.9 Å². The van der Waals surface area contributed by atoms with Gasteiger partial charge in [0.15, 0.2) is 0 Å². The Morgan fingerprint density at radius 2 is 2.17 bits per heavy atom. The number of carbonyl (C=O) groups excluding carboxylic acids is 1. The fraction of sp³-hybridized carbons (Fsp3) is 0.333. The van der Waals surface area contributed by atoms with E-state index < -0.39 is 11.8 Å². The van der Waals surface area contributed by atoms with Crippen molar-refractivity contribution in [3.05, 3.63) is 63.1 Å². The molecule has 1 aliphatic heterocycles. The number of esters is 1. The fourth-order valence-electron chi connectivity index (χ4n) is 3.50. The van der Waals surface area contributed by atoms with Crippen LogP contribution in [0.3, 0.4) is 0 Å². The van der Waals surface area contributed by atoms with E-state index in [0.29, 0.717) is 40.0 Å². The Morgan fingerprint density at radius 3 is 2.83 bits per heavy atom. The molecule has 0 aliphatic carbocycles. The highest BCUT2D eigenvalue weighted by molar-refractivity contribution is 9.10. The minimum absolute atomic E-state index is 0.0758. The van der Waals surface area contributed by atoms with Crippen molar-refractivity contribution in [2.24, 2.45) is 0 Å². The lowest BCUT2D eigenvalue weighted by Crippen LogP contribution is -2.31. The van der Waals surface area contributed by atoms with E-state index in [0.717, 1.165) is 24.1 Å². The summed E-state index contributed by atoms with van der Waals surface area (Å²) in [6.45, 7) is 1.11. The second-order valence-electron chi connectivity index (χ2n) is 6.99. The number of rotatable bonds is 6. The summed E-state index contributed by atoms with van der Waals surface area (Å²) in [6, 6.07) is 8.21. The number of fused-ring (bicyclic) bond motifs is 1. The van der Waals surface area contributed by atoms with Crippen LogP contribution in [0.2, 0.25) is 0 Å². The lowest BCUT2D eigenvalue weighted by molar-refractivity contribution is -0.0589. The van der Waals surface area contributed by atoms with Gasteiger partial charge in [-0.25, -0.2) is 14.2 Å². The second kappa shape index (κ2) is 8.22. The number of carbonyl (C=O) groups is 1. The van der Waals surface area contributed by atoms with Crippen LogP contribution in [0.1, 0.15) is 33.7 Å². The van der Waals surface area contributed by atoms with Gasteiger partial charge < -0.3 is 19.1 Å². The van der Waals surface area contributed by atoms with Gasteiger partial charge in [0, 0.05) is 13.0 Å². The van der Waals surface area contributed by atoms with Crippen LogP contribution in [0.15, 0.2) is 34.8 Å². The third-order valence-corrected chi connectivity index (χ3v) is 5.80. The van der Waals surface area contributed by atoms with E-state index in [1.165, 1.54) is 13.2 Å². The van der Waals surface area contributed by atoms with E-state index in [4.69, 9.17) is 14.5 Å². The van der Waals surface area contributed by atoms with Crippen molar-refractivity contribution in [1.29, 1.82) is 0 Å². The normalized spacial score (nSPS) is 16.1. The Morgan fingerprint density at radius 1 is 1.38 bits per heavy atom. The molecule has 4 rings (SSSR count). The van der Waals surface area contributed by atoms with Crippen LogP contribution in [0.5, 0.6) is 0 Å². The second-order valence-corrected chi connectivity index (χ2v) is 7.84. The molecule has 1 fully saturated rings. The van der Waals surface area contributed by atoms with Crippen molar-refractivity contribution in [1.82, 2.24) is 9.55 Å². The van der Waals surface area contributed by atoms with Gasteiger partial charge in [-0.2, -0.15) is 0 Å². The quantitative estimate of drug-likeness (QED) is 0.566. The van der Waals surface area contributed by atoms with Gasteiger partial charge in [0.25, 0.3) is 0 Å². The van der Waals surface area contributed by atoms with Gasteiger partial charge in [-0.1, -0.05) is 0 Å². The summed E-state index contributed by atoms with van der Waals surface area (Å²) in [5, 5.41) is 9.70. The fourth-order valence-corrected chi connectivity index (χ4v) is 3.89. The molecule has 152 valence electrons. The zero-order valence-corrected chi connectivity index (χ0v) is 17.4. The Bertz CT molecular complexity index is 1080. The van der Waals surface area contributed by atoms with E-state index in [-0.39, 0.29) is 12.7 Å². The molecule has 0 radical (unpaired) electrons. The number of hydrogen-bond acceptors (Lipinski definition) is 5. The molecule has 6 nitrogen and oxygen atoms in total. The third kappa shape index (κ3) is 3.92. The lowest BCUT2D eigenvalue weighted by atomic mass is 10.0. The first-order chi connectivity index (χ1) is 14.0. The Labute approximate surface area is 175 Å². The molecule has 1 N–H and O–H groups in total. The highest BCUT2D eigenvalue weighted by Crippen LogP contribution is 2.27. The van der Waals surface area contributed by atoms with Crippen LogP contribution >= 0.6 is 15.9 Å². The predicted molar refractivity (Wildman–Crippen MR) is 108 cm³/mol. The number of nitrogens with zero attached hydrogens (tertiary/aromatic N) is 2. The van der Waals surface area contributed by atoms with E-state index in [2.05, 4.69) is 15.9 Å². The summed E-state index contributed by atoms with van der Waals surface area (Å²) in [6.07, 6.45) is 1.37. The van der Waals surface area contributed by atoms with Crippen molar-refractivity contribution < 1.29 is 23.8 Å². The van der Waals surface area contributed by atoms with Gasteiger partial charge in [0.1, 0.15) is 11.6 Å². The van der Waals surface area contributed by atoms with E-state index in [1.807, 2.05) is 4.57 Å². The van der Waals surface area contributed by atoms with Crippen molar-refractivity contribution in [2.75, 3.05) is 13.7 Å². The molecule has 1 aromatic heterocycles. The van der Waals surface area contributed by atoms with Crippen LogP contribution in [-0.4, -0.2) is 40.4 Å². The molecule has 1 saturated heterocycles. The molecular weight excluding hydrogens is 443 g/mol. The molecule has 0 spiro atoms. The van der Waals surface area contributed by atoms with Crippen molar-refractivity contribution in [3.8, 4) is 0 Å². The van der Waals surface area contributed by atoms with Crippen LogP contribution in [-0.2, 0) is 29.0 Å². The topological polar surface area (TPSA) is 73.6 Å². The van der Waals surface area contributed by atoms with Crippen molar-refractivity contribution in [2.45, 2.75) is 32.1 Å². The molecule has 2 aromatic carbocycles. The average Bonchev–Trinajstić information content (AvgIpc) is 3.02. The number of benzene rings is 2. The average molecular weight is 463 g/mol. The van der Waals surface area contributed by atoms with Crippen LogP contribution in [0.4, 0.5) is 4.39 Å². The summed E-state index contributed by atoms with van der Waals surface area (Å²) in [4.78, 5) is 16.7. The molecule has 2 heterocycles. The minimum Gasteiger partial charge on any atom is -0.465 e. The maximum atomic E-state index is 14.1. The molecule has 1 aliphatic rings. The summed E-state index contributed by atoms with van der Waals surface area (Å²) in [7, 11) is 1.34. The van der Waals surface area contributed by atoms with Crippen LogP contribution in [0, 0.1) is 5.82 Å². The number of imidazole rings is 1. The maximum Gasteiger partial charge on any atom is 0.337 e. The lowest BCUT2D eigenvalue weighted by Gasteiger charge is -2.27. The highest BCUT2D eigenvalue weighted by atomic mass is 79.9. The minimum atomic E-state index is -0.418. The zero-order valence-electron chi connectivity index (χ0n) is 15.8. The Kier molecular flexibility index (Phi) is 5.67. The van der Waals surface area contributed by atoms with Gasteiger partial charge in [-0.05, 0) is 63.8 Å². The number of methoxy groups -OCH3 is 1. The standard InChI is InChI=1S/C21H20BrFN2O4/c1-28-21(27)12-2-3-18-19(8-12)25(10-15-4-5-29-15)20(24-18)9-13-7-17(23)16(22)6-14(13)11-26/h2-3,6-8,15,26H,4-5,9-11H2,1H3/t15-/m0/s1. The summed E-state index contributed by atoms with van der Waals surface area (Å²) < 4.78 is 26.9. The Balaban J connectivity index is 1.79. The van der Waals surface area contributed by atoms with Gasteiger partial charge in [-0.15, -0.1) is 0 Å². The van der Waals surface area contributed by atoms with E-state index in [9.17, 15) is 14.3 Å². The number of ether oxygens (including phenoxy) is 2. The maximum absolute atomic E-state index is 14.1. The summed E-state index contributed by atoms with van der Waals surface area (Å²) in [5.74, 6) is -0.0947.